The molecule has 2 aromatic carbocycles. The van der Waals surface area contributed by atoms with Crippen LogP contribution in [0.2, 0.25) is 10.0 Å². The zero-order valence-electron chi connectivity index (χ0n) is 11.9. The Balaban J connectivity index is 2.52. The molecule has 1 atom stereocenters. The van der Waals surface area contributed by atoms with Crippen molar-refractivity contribution in [1.82, 2.24) is 0 Å². The van der Waals surface area contributed by atoms with E-state index in [2.05, 4.69) is 0 Å². The van der Waals surface area contributed by atoms with Gasteiger partial charge in [-0.15, -0.1) is 11.6 Å². The fourth-order valence-corrected chi connectivity index (χ4v) is 3.18. The predicted octanol–water partition coefficient (Wildman–Crippen LogP) is 5.65. The minimum Gasteiger partial charge on any atom is -0.495 e. The maximum absolute atomic E-state index is 6.62. The van der Waals surface area contributed by atoms with Crippen molar-refractivity contribution in [1.29, 1.82) is 0 Å². The van der Waals surface area contributed by atoms with Crippen molar-refractivity contribution in [2.24, 2.45) is 0 Å². The van der Waals surface area contributed by atoms with Gasteiger partial charge in [0, 0.05) is 10.6 Å². The Labute approximate surface area is 139 Å². The maximum atomic E-state index is 6.62. The number of rotatable bonds is 4. The van der Waals surface area contributed by atoms with Crippen molar-refractivity contribution in [3.63, 3.8) is 0 Å². The van der Waals surface area contributed by atoms with Gasteiger partial charge in [0.15, 0.2) is 0 Å². The Kier molecular flexibility index (Phi) is 5.26. The summed E-state index contributed by atoms with van der Waals surface area (Å²) >= 11 is 18.9. The molecule has 0 N–H and O–H groups in total. The van der Waals surface area contributed by atoms with E-state index in [1.54, 1.807) is 20.3 Å². The van der Waals surface area contributed by atoms with E-state index in [0.29, 0.717) is 21.5 Å². The lowest BCUT2D eigenvalue weighted by Gasteiger charge is -2.18. The highest BCUT2D eigenvalue weighted by Crippen LogP contribution is 2.44. The summed E-state index contributed by atoms with van der Waals surface area (Å²) < 4.78 is 10.6. The summed E-state index contributed by atoms with van der Waals surface area (Å²) in [5.74, 6) is 1.07. The SMILES string of the molecule is COc1ccc(C(Cl)c2ccc(Cl)cc2C)c(OC)c1Cl. The van der Waals surface area contributed by atoms with E-state index < -0.39 is 0 Å². The van der Waals surface area contributed by atoms with Crippen LogP contribution in [0, 0.1) is 6.92 Å². The average Bonchev–Trinajstić information content (AvgIpc) is 2.46. The fraction of sp³-hybridized carbons (Fsp3) is 0.250. The molecule has 0 fully saturated rings. The third kappa shape index (κ3) is 3.23. The van der Waals surface area contributed by atoms with Crippen LogP contribution in [0.4, 0.5) is 0 Å². The van der Waals surface area contributed by atoms with E-state index >= 15 is 0 Å². The molecule has 0 amide bonds. The van der Waals surface area contributed by atoms with Crippen molar-refractivity contribution in [2.45, 2.75) is 12.3 Å². The number of hydrogen-bond donors (Lipinski definition) is 0. The quantitative estimate of drug-likeness (QED) is 0.667. The molecule has 5 heteroatoms. The van der Waals surface area contributed by atoms with E-state index in [4.69, 9.17) is 44.3 Å². The van der Waals surface area contributed by atoms with Crippen molar-refractivity contribution in [3.8, 4) is 11.5 Å². The molecule has 0 aliphatic heterocycles. The number of halogens is 3. The third-order valence-electron chi connectivity index (χ3n) is 3.29. The first kappa shape index (κ1) is 16.3. The van der Waals surface area contributed by atoms with Gasteiger partial charge in [0.2, 0.25) is 0 Å². The molecular weight excluding hydrogens is 331 g/mol. The standard InChI is InChI=1S/C16H15Cl3O2/c1-9-8-10(17)4-5-11(9)14(18)12-6-7-13(20-2)15(19)16(12)21-3/h4-8,14H,1-3H3. The molecule has 0 aromatic heterocycles. The fourth-order valence-electron chi connectivity index (χ4n) is 2.21. The molecule has 0 aliphatic carbocycles. The maximum Gasteiger partial charge on any atom is 0.146 e. The van der Waals surface area contributed by atoms with Gasteiger partial charge in [0.05, 0.1) is 19.6 Å². The van der Waals surface area contributed by atoms with Crippen LogP contribution in [-0.2, 0) is 0 Å². The first-order valence-electron chi connectivity index (χ1n) is 6.30. The van der Waals surface area contributed by atoms with Gasteiger partial charge in [0.25, 0.3) is 0 Å². The van der Waals surface area contributed by atoms with E-state index in [1.165, 1.54) is 0 Å². The summed E-state index contributed by atoms with van der Waals surface area (Å²) in [4.78, 5) is 0. The van der Waals surface area contributed by atoms with Crippen molar-refractivity contribution < 1.29 is 9.47 Å². The summed E-state index contributed by atoms with van der Waals surface area (Å²) in [5.41, 5.74) is 2.76. The molecule has 0 aliphatic rings. The summed E-state index contributed by atoms with van der Waals surface area (Å²) in [7, 11) is 3.12. The summed E-state index contributed by atoms with van der Waals surface area (Å²) in [6, 6.07) is 9.24. The summed E-state index contributed by atoms with van der Waals surface area (Å²) in [6.45, 7) is 1.97. The highest BCUT2D eigenvalue weighted by molar-refractivity contribution is 6.34. The molecule has 2 rings (SSSR count). The Bertz CT molecular complexity index is 656. The van der Waals surface area contributed by atoms with Crippen molar-refractivity contribution >= 4 is 34.8 Å². The highest BCUT2D eigenvalue weighted by atomic mass is 35.5. The average molecular weight is 346 g/mol. The van der Waals surface area contributed by atoms with E-state index in [0.717, 1.165) is 16.7 Å². The second-order valence-corrected chi connectivity index (χ2v) is 5.82. The second kappa shape index (κ2) is 6.78. The molecule has 0 bridgehead atoms. The molecule has 1 unspecified atom stereocenters. The molecule has 0 saturated carbocycles. The lowest BCUT2D eigenvalue weighted by Crippen LogP contribution is -2.01. The van der Waals surface area contributed by atoms with Crippen molar-refractivity contribution in [2.75, 3.05) is 14.2 Å². The van der Waals surface area contributed by atoms with Crippen LogP contribution in [0.1, 0.15) is 22.1 Å². The van der Waals surface area contributed by atoms with E-state index in [9.17, 15) is 0 Å². The lowest BCUT2D eigenvalue weighted by atomic mass is 9.99. The first-order chi connectivity index (χ1) is 9.99. The number of hydrogen-bond acceptors (Lipinski definition) is 2. The molecule has 21 heavy (non-hydrogen) atoms. The Morgan fingerprint density at radius 3 is 2.19 bits per heavy atom. The van der Waals surface area contributed by atoms with Gasteiger partial charge in [-0.1, -0.05) is 29.3 Å². The monoisotopic (exact) mass is 344 g/mol. The van der Waals surface area contributed by atoms with E-state index in [1.807, 2.05) is 31.2 Å². The van der Waals surface area contributed by atoms with Gasteiger partial charge in [-0.3, -0.25) is 0 Å². The van der Waals surface area contributed by atoms with E-state index in [-0.39, 0.29) is 5.38 Å². The normalized spacial score (nSPS) is 12.1. The Morgan fingerprint density at radius 1 is 0.952 bits per heavy atom. The number of ether oxygens (including phenoxy) is 2. The molecule has 0 radical (unpaired) electrons. The molecule has 0 saturated heterocycles. The Hall–Kier alpha value is -1.09. The zero-order valence-corrected chi connectivity index (χ0v) is 14.2. The van der Waals surface area contributed by atoms with Crippen LogP contribution in [0.15, 0.2) is 30.3 Å². The van der Waals surface area contributed by atoms with Crippen LogP contribution in [0.25, 0.3) is 0 Å². The molecule has 2 aromatic rings. The van der Waals surface area contributed by atoms with Gasteiger partial charge in [-0.2, -0.15) is 0 Å². The van der Waals surface area contributed by atoms with Crippen LogP contribution in [-0.4, -0.2) is 14.2 Å². The topological polar surface area (TPSA) is 18.5 Å². The minimum atomic E-state index is -0.388. The molecule has 0 heterocycles. The van der Waals surface area contributed by atoms with Gasteiger partial charge >= 0.3 is 0 Å². The van der Waals surface area contributed by atoms with Crippen LogP contribution in [0.5, 0.6) is 11.5 Å². The second-order valence-electron chi connectivity index (χ2n) is 4.57. The molecule has 112 valence electrons. The molecule has 2 nitrogen and oxygen atoms in total. The van der Waals surface area contributed by atoms with Crippen molar-refractivity contribution in [3.05, 3.63) is 57.1 Å². The first-order valence-corrected chi connectivity index (χ1v) is 7.49. The van der Waals surface area contributed by atoms with Gasteiger partial charge in [-0.05, 0) is 42.3 Å². The summed E-state index contributed by atoms with van der Waals surface area (Å²) in [5, 5.41) is 0.704. The number of methoxy groups -OCH3 is 2. The number of aryl methyl sites for hydroxylation is 1. The molecule has 0 spiro atoms. The van der Waals surface area contributed by atoms with Gasteiger partial charge < -0.3 is 9.47 Å². The predicted molar refractivity (Wildman–Crippen MR) is 88.4 cm³/mol. The smallest absolute Gasteiger partial charge is 0.146 e. The van der Waals surface area contributed by atoms with Gasteiger partial charge in [-0.25, -0.2) is 0 Å². The summed E-state index contributed by atoms with van der Waals surface area (Å²) in [6.07, 6.45) is 0. The highest BCUT2D eigenvalue weighted by Gasteiger charge is 2.21. The largest absolute Gasteiger partial charge is 0.495 e. The zero-order chi connectivity index (χ0) is 15.6. The van der Waals surface area contributed by atoms with Crippen LogP contribution in [0.3, 0.4) is 0 Å². The lowest BCUT2D eigenvalue weighted by molar-refractivity contribution is 0.392. The Morgan fingerprint density at radius 2 is 1.62 bits per heavy atom. The minimum absolute atomic E-state index is 0.388. The third-order valence-corrected chi connectivity index (χ3v) is 4.36. The number of alkyl halides is 1. The van der Waals surface area contributed by atoms with Crippen LogP contribution >= 0.6 is 34.8 Å². The van der Waals surface area contributed by atoms with Crippen LogP contribution < -0.4 is 9.47 Å². The molecular formula is C16H15Cl3O2. The number of benzene rings is 2. The van der Waals surface area contributed by atoms with Gasteiger partial charge in [0.1, 0.15) is 16.5 Å².